The molecule has 0 aliphatic rings. The van der Waals surface area contributed by atoms with Gasteiger partial charge in [-0.1, -0.05) is 25.1 Å². The molecule has 0 aliphatic carbocycles. The average Bonchev–Trinajstić information content (AvgIpc) is 2.70. The second kappa shape index (κ2) is 4.49. The molecule has 0 amide bonds. The van der Waals surface area contributed by atoms with Gasteiger partial charge in [0.05, 0.1) is 0 Å². The Kier molecular flexibility index (Phi) is 3.06. The van der Waals surface area contributed by atoms with Gasteiger partial charge < -0.3 is 10.2 Å². The summed E-state index contributed by atoms with van der Waals surface area (Å²) < 4.78 is 5.55. The van der Waals surface area contributed by atoms with Crippen LogP contribution in [0.25, 0.3) is 11.3 Å². The summed E-state index contributed by atoms with van der Waals surface area (Å²) in [6.45, 7) is 4.48. The molecule has 2 N–H and O–H groups in total. The fraction of sp³-hybridized carbons (Fsp3) is 0.308. The Labute approximate surface area is 95.3 Å². The molecule has 3 nitrogen and oxygen atoms in total. The van der Waals surface area contributed by atoms with Crippen molar-refractivity contribution >= 4 is 0 Å². The van der Waals surface area contributed by atoms with Crippen LogP contribution in [0.2, 0.25) is 0 Å². The summed E-state index contributed by atoms with van der Waals surface area (Å²) in [5.41, 5.74) is 8.76. The van der Waals surface area contributed by atoms with Crippen LogP contribution in [0.1, 0.15) is 24.1 Å². The van der Waals surface area contributed by atoms with Crippen molar-refractivity contribution in [1.82, 2.24) is 4.98 Å². The standard InChI is InChI=1S/C13H16N2O/c1-3-12-13(15-9(2)16-12)11-6-4-5-10(7-11)8-14/h4-7H,3,8,14H2,1-2H3. The average molecular weight is 216 g/mol. The number of aryl methyl sites for hydroxylation is 2. The van der Waals surface area contributed by atoms with Crippen molar-refractivity contribution < 1.29 is 4.42 Å². The first kappa shape index (κ1) is 10.9. The van der Waals surface area contributed by atoms with Crippen molar-refractivity contribution in [2.24, 2.45) is 5.73 Å². The minimum Gasteiger partial charge on any atom is -0.445 e. The predicted octanol–water partition coefficient (Wildman–Crippen LogP) is 2.67. The summed E-state index contributed by atoms with van der Waals surface area (Å²) in [7, 11) is 0. The third kappa shape index (κ3) is 1.99. The van der Waals surface area contributed by atoms with Gasteiger partial charge >= 0.3 is 0 Å². The highest BCUT2D eigenvalue weighted by Crippen LogP contribution is 2.24. The van der Waals surface area contributed by atoms with Gasteiger partial charge in [0.25, 0.3) is 0 Å². The fourth-order valence-electron chi connectivity index (χ4n) is 1.78. The molecular formula is C13H16N2O. The Bertz CT molecular complexity index is 488. The van der Waals surface area contributed by atoms with Crippen molar-refractivity contribution in [3.05, 3.63) is 41.5 Å². The van der Waals surface area contributed by atoms with Gasteiger partial charge in [-0.15, -0.1) is 0 Å². The zero-order valence-electron chi connectivity index (χ0n) is 9.66. The monoisotopic (exact) mass is 216 g/mol. The van der Waals surface area contributed by atoms with Crippen LogP contribution >= 0.6 is 0 Å². The molecule has 0 bridgehead atoms. The predicted molar refractivity (Wildman–Crippen MR) is 63.9 cm³/mol. The molecule has 16 heavy (non-hydrogen) atoms. The van der Waals surface area contributed by atoms with Crippen molar-refractivity contribution in [2.75, 3.05) is 0 Å². The van der Waals surface area contributed by atoms with Crippen LogP contribution < -0.4 is 5.73 Å². The molecule has 0 fully saturated rings. The smallest absolute Gasteiger partial charge is 0.191 e. The Balaban J connectivity index is 2.48. The number of hydrogen-bond donors (Lipinski definition) is 1. The number of oxazole rings is 1. The SMILES string of the molecule is CCc1oc(C)nc1-c1cccc(CN)c1. The Morgan fingerprint density at radius 2 is 2.19 bits per heavy atom. The summed E-state index contributed by atoms with van der Waals surface area (Å²) in [5.74, 6) is 1.65. The van der Waals surface area contributed by atoms with E-state index in [1.807, 2.05) is 25.1 Å². The van der Waals surface area contributed by atoms with E-state index in [-0.39, 0.29) is 0 Å². The maximum atomic E-state index is 5.63. The normalized spacial score (nSPS) is 10.7. The molecule has 1 aromatic heterocycles. The third-order valence-corrected chi connectivity index (χ3v) is 2.56. The van der Waals surface area contributed by atoms with Crippen molar-refractivity contribution in [3.63, 3.8) is 0 Å². The van der Waals surface area contributed by atoms with Gasteiger partial charge in [0.1, 0.15) is 11.5 Å². The van der Waals surface area contributed by atoms with Crippen molar-refractivity contribution in [3.8, 4) is 11.3 Å². The lowest BCUT2D eigenvalue weighted by molar-refractivity contribution is 0.480. The molecular weight excluding hydrogens is 200 g/mol. The van der Waals surface area contributed by atoms with E-state index in [9.17, 15) is 0 Å². The number of nitrogens with two attached hydrogens (primary N) is 1. The largest absolute Gasteiger partial charge is 0.445 e. The molecule has 2 rings (SSSR count). The van der Waals surface area contributed by atoms with Gasteiger partial charge in [-0.3, -0.25) is 0 Å². The van der Waals surface area contributed by atoms with E-state index in [4.69, 9.17) is 10.2 Å². The maximum absolute atomic E-state index is 5.63. The number of aromatic nitrogens is 1. The van der Waals surface area contributed by atoms with Gasteiger partial charge in [0, 0.05) is 25.5 Å². The molecule has 0 saturated carbocycles. The molecule has 84 valence electrons. The number of benzene rings is 1. The van der Waals surface area contributed by atoms with Crippen LogP contribution in [0.4, 0.5) is 0 Å². The lowest BCUT2D eigenvalue weighted by Crippen LogP contribution is -1.96. The summed E-state index contributed by atoms with van der Waals surface area (Å²) in [4.78, 5) is 4.42. The number of nitrogens with zero attached hydrogens (tertiary/aromatic N) is 1. The molecule has 3 heteroatoms. The van der Waals surface area contributed by atoms with E-state index in [0.717, 1.165) is 29.0 Å². The molecule has 0 atom stereocenters. The summed E-state index contributed by atoms with van der Waals surface area (Å²) >= 11 is 0. The second-order valence-corrected chi connectivity index (χ2v) is 3.76. The zero-order valence-corrected chi connectivity index (χ0v) is 9.66. The van der Waals surface area contributed by atoms with Gasteiger partial charge in [-0.05, 0) is 11.6 Å². The zero-order chi connectivity index (χ0) is 11.5. The molecule has 0 unspecified atom stereocenters. The van der Waals surface area contributed by atoms with E-state index in [0.29, 0.717) is 12.4 Å². The summed E-state index contributed by atoms with van der Waals surface area (Å²) in [6, 6.07) is 8.12. The minimum absolute atomic E-state index is 0.548. The van der Waals surface area contributed by atoms with Crippen LogP contribution in [0, 0.1) is 6.92 Å². The molecule has 0 saturated heterocycles. The third-order valence-electron chi connectivity index (χ3n) is 2.56. The van der Waals surface area contributed by atoms with E-state index in [2.05, 4.69) is 18.0 Å². The molecule has 0 radical (unpaired) electrons. The second-order valence-electron chi connectivity index (χ2n) is 3.76. The van der Waals surface area contributed by atoms with Crippen LogP contribution in [0.5, 0.6) is 0 Å². The highest BCUT2D eigenvalue weighted by atomic mass is 16.4. The van der Waals surface area contributed by atoms with Crippen LogP contribution in [0.15, 0.2) is 28.7 Å². The molecule has 1 heterocycles. The van der Waals surface area contributed by atoms with Gasteiger partial charge in [-0.2, -0.15) is 0 Å². The van der Waals surface area contributed by atoms with Gasteiger partial charge in [0.15, 0.2) is 5.89 Å². The molecule has 0 spiro atoms. The number of rotatable bonds is 3. The van der Waals surface area contributed by atoms with E-state index < -0.39 is 0 Å². The highest BCUT2D eigenvalue weighted by Gasteiger charge is 2.11. The van der Waals surface area contributed by atoms with Gasteiger partial charge in [-0.25, -0.2) is 4.98 Å². The van der Waals surface area contributed by atoms with E-state index >= 15 is 0 Å². The first-order valence-corrected chi connectivity index (χ1v) is 5.50. The Hall–Kier alpha value is -1.61. The van der Waals surface area contributed by atoms with E-state index in [1.165, 1.54) is 0 Å². The minimum atomic E-state index is 0.548. The summed E-state index contributed by atoms with van der Waals surface area (Å²) in [6.07, 6.45) is 0.850. The first-order chi connectivity index (χ1) is 7.74. The summed E-state index contributed by atoms with van der Waals surface area (Å²) in [5, 5.41) is 0. The maximum Gasteiger partial charge on any atom is 0.191 e. The van der Waals surface area contributed by atoms with Crippen LogP contribution in [0.3, 0.4) is 0 Å². The fourth-order valence-corrected chi connectivity index (χ4v) is 1.78. The van der Waals surface area contributed by atoms with E-state index in [1.54, 1.807) is 0 Å². The molecule has 1 aromatic carbocycles. The lowest BCUT2D eigenvalue weighted by atomic mass is 10.1. The van der Waals surface area contributed by atoms with Crippen LogP contribution in [-0.4, -0.2) is 4.98 Å². The molecule has 2 aromatic rings. The lowest BCUT2D eigenvalue weighted by Gasteiger charge is -2.01. The van der Waals surface area contributed by atoms with Crippen LogP contribution in [-0.2, 0) is 13.0 Å². The quantitative estimate of drug-likeness (QED) is 0.858. The Morgan fingerprint density at radius 1 is 1.38 bits per heavy atom. The topological polar surface area (TPSA) is 52.0 Å². The number of hydrogen-bond acceptors (Lipinski definition) is 3. The highest BCUT2D eigenvalue weighted by molar-refractivity contribution is 5.62. The molecule has 0 aliphatic heterocycles. The van der Waals surface area contributed by atoms with Crippen molar-refractivity contribution in [1.29, 1.82) is 0 Å². The van der Waals surface area contributed by atoms with Crippen molar-refractivity contribution in [2.45, 2.75) is 26.8 Å². The Morgan fingerprint density at radius 3 is 2.88 bits per heavy atom. The van der Waals surface area contributed by atoms with Gasteiger partial charge in [0.2, 0.25) is 0 Å². The first-order valence-electron chi connectivity index (χ1n) is 5.50.